The monoisotopic (exact) mass is 561 g/mol. The minimum Gasteiger partial charge on any atom is -0.399 e. The number of anilines is 1. The quantitative estimate of drug-likeness (QED) is 0.244. The molecule has 0 fully saturated rings. The molecule has 0 aliphatic carbocycles. The molecule has 3 aromatic rings. The first kappa shape index (κ1) is 29.8. The number of nitrogens with zero attached hydrogens (tertiary/aromatic N) is 4. The van der Waals surface area contributed by atoms with Crippen molar-refractivity contribution in [1.29, 1.82) is 0 Å². The largest absolute Gasteiger partial charge is 0.399 e. The standard InChI is InChI=1S/C26H33ClFN7O4/c1-15(14-36)34(23(38)13-35-21-8-7-16(29)11-18(21)25(32-35)26(30)39)12-22(37)31-20(9-10-33(2)3)17-5-4-6-19(27)24(17)28/h4-8,11,15,20,36H,9-10,12-14,29H2,1-3H3,(H2,30,39)(H,31,37)/t15-,20-/m0/s1. The minimum absolute atomic E-state index is 0.0446. The Morgan fingerprint density at radius 3 is 2.59 bits per heavy atom. The highest BCUT2D eigenvalue weighted by molar-refractivity contribution is 6.30. The van der Waals surface area contributed by atoms with Gasteiger partial charge in [-0.25, -0.2) is 4.39 Å². The highest BCUT2D eigenvalue weighted by Crippen LogP contribution is 2.26. The summed E-state index contributed by atoms with van der Waals surface area (Å²) >= 11 is 5.97. The molecule has 1 aromatic heterocycles. The number of carbonyl (C=O) groups excluding carboxylic acids is 3. The van der Waals surface area contributed by atoms with E-state index in [9.17, 15) is 23.9 Å². The summed E-state index contributed by atoms with van der Waals surface area (Å²) in [5, 5.41) is 17.1. The number of aromatic nitrogens is 2. The Labute approximate surface area is 230 Å². The topological polar surface area (TPSA) is 160 Å². The van der Waals surface area contributed by atoms with Crippen LogP contribution in [0, 0.1) is 5.82 Å². The summed E-state index contributed by atoms with van der Waals surface area (Å²) in [6.45, 7) is 0.983. The summed E-state index contributed by atoms with van der Waals surface area (Å²) in [6, 6.07) is 7.88. The Morgan fingerprint density at radius 1 is 1.23 bits per heavy atom. The van der Waals surface area contributed by atoms with Crippen LogP contribution in [-0.2, 0) is 16.1 Å². The number of primary amides is 1. The molecule has 2 atom stereocenters. The van der Waals surface area contributed by atoms with Gasteiger partial charge < -0.3 is 31.7 Å². The maximum Gasteiger partial charge on any atom is 0.269 e. The fourth-order valence-electron chi connectivity index (χ4n) is 4.18. The van der Waals surface area contributed by atoms with Crippen molar-refractivity contribution in [3.63, 3.8) is 0 Å². The molecular formula is C26H33ClFN7O4. The summed E-state index contributed by atoms with van der Waals surface area (Å²) in [5.74, 6) is -2.50. The van der Waals surface area contributed by atoms with Crippen LogP contribution in [0.25, 0.3) is 10.9 Å². The number of benzene rings is 2. The normalized spacial score (nSPS) is 12.9. The molecule has 210 valence electrons. The molecule has 1 heterocycles. The number of nitrogens with two attached hydrogens (primary N) is 2. The molecule has 6 N–H and O–H groups in total. The lowest BCUT2D eigenvalue weighted by Crippen LogP contribution is -2.48. The molecule has 0 radical (unpaired) electrons. The Bertz CT molecular complexity index is 1360. The van der Waals surface area contributed by atoms with Gasteiger partial charge in [0.25, 0.3) is 5.91 Å². The van der Waals surface area contributed by atoms with Crippen LogP contribution in [0.1, 0.15) is 35.4 Å². The van der Waals surface area contributed by atoms with Gasteiger partial charge in [0, 0.05) is 16.6 Å². The number of fused-ring (bicyclic) bond motifs is 1. The predicted octanol–water partition coefficient (Wildman–Crippen LogP) is 1.53. The molecule has 13 heteroatoms. The van der Waals surface area contributed by atoms with Gasteiger partial charge in [-0.2, -0.15) is 5.10 Å². The SMILES string of the molecule is C[C@@H](CO)N(CC(=O)N[C@@H](CCN(C)C)c1cccc(Cl)c1F)C(=O)Cn1nc(C(N)=O)c2cc(N)ccc21. The number of amides is 3. The van der Waals surface area contributed by atoms with E-state index in [1.54, 1.807) is 31.2 Å². The zero-order valence-corrected chi connectivity index (χ0v) is 22.8. The number of halogens is 2. The van der Waals surface area contributed by atoms with E-state index in [-0.39, 0.29) is 22.8 Å². The van der Waals surface area contributed by atoms with Crippen molar-refractivity contribution in [3.8, 4) is 0 Å². The zero-order chi connectivity index (χ0) is 28.9. The highest BCUT2D eigenvalue weighted by atomic mass is 35.5. The molecule has 11 nitrogen and oxygen atoms in total. The second kappa shape index (κ2) is 12.9. The number of nitrogens with one attached hydrogen (secondary N) is 1. The highest BCUT2D eigenvalue weighted by Gasteiger charge is 2.27. The molecule has 0 saturated carbocycles. The lowest BCUT2D eigenvalue weighted by molar-refractivity contribution is -0.139. The van der Waals surface area contributed by atoms with Gasteiger partial charge in [0.05, 0.1) is 35.8 Å². The summed E-state index contributed by atoms with van der Waals surface area (Å²) in [4.78, 5) is 41.5. The van der Waals surface area contributed by atoms with Crippen LogP contribution in [0.15, 0.2) is 36.4 Å². The van der Waals surface area contributed by atoms with Crippen LogP contribution in [0.2, 0.25) is 5.02 Å². The first-order chi connectivity index (χ1) is 18.4. The van der Waals surface area contributed by atoms with Gasteiger partial charge in [-0.3, -0.25) is 19.1 Å². The van der Waals surface area contributed by atoms with Crippen LogP contribution in [-0.4, -0.2) is 82.2 Å². The molecule has 2 aromatic carbocycles. The first-order valence-electron chi connectivity index (χ1n) is 12.3. The molecular weight excluding hydrogens is 529 g/mol. The molecule has 3 amide bonds. The summed E-state index contributed by atoms with van der Waals surface area (Å²) < 4.78 is 16.1. The van der Waals surface area contributed by atoms with Crippen molar-refractivity contribution in [3.05, 3.63) is 58.5 Å². The molecule has 0 aliphatic rings. The number of aliphatic hydroxyl groups excluding tert-OH is 1. The fraction of sp³-hybridized carbons (Fsp3) is 0.385. The van der Waals surface area contributed by atoms with Crippen LogP contribution in [0.4, 0.5) is 10.1 Å². The number of hydrogen-bond acceptors (Lipinski definition) is 7. The van der Waals surface area contributed by atoms with E-state index < -0.39 is 48.8 Å². The summed E-state index contributed by atoms with van der Waals surface area (Å²) in [7, 11) is 3.71. The predicted molar refractivity (Wildman–Crippen MR) is 146 cm³/mol. The molecule has 39 heavy (non-hydrogen) atoms. The van der Waals surface area contributed by atoms with Crippen LogP contribution in [0.5, 0.6) is 0 Å². The zero-order valence-electron chi connectivity index (χ0n) is 22.0. The minimum atomic E-state index is -0.784. The summed E-state index contributed by atoms with van der Waals surface area (Å²) in [6.07, 6.45) is 0.387. The van der Waals surface area contributed by atoms with Gasteiger partial charge in [0.15, 0.2) is 5.69 Å². The maximum atomic E-state index is 14.8. The average Bonchev–Trinajstić information content (AvgIpc) is 3.23. The second-order valence-electron chi connectivity index (χ2n) is 9.56. The molecule has 3 rings (SSSR count). The van der Waals surface area contributed by atoms with E-state index in [1.807, 2.05) is 19.0 Å². The number of aliphatic hydroxyl groups is 1. The summed E-state index contributed by atoms with van der Waals surface area (Å²) in [5.41, 5.74) is 12.3. The van der Waals surface area contributed by atoms with Gasteiger partial charge in [-0.15, -0.1) is 0 Å². The van der Waals surface area contributed by atoms with Crippen LogP contribution in [0.3, 0.4) is 0 Å². The Balaban J connectivity index is 1.84. The van der Waals surface area contributed by atoms with E-state index in [0.717, 1.165) is 0 Å². The van der Waals surface area contributed by atoms with E-state index in [1.165, 1.54) is 21.7 Å². The average molecular weight is 562 g/mol. The van der Waals surface area contributed by atoms with Crippen molar-refractivity contribution < 1.29 is 23.9 Å². The van der Waals surface area contributed by atoms with Gasteiger partial charge in [-0.05, 0) is 58.3 Å². The smallest absolute Gasteiger partial charge is 0.269 e. The Hall–Kier alpha value is -3.74. The molecule has 0 aliphatic heterocycles. The van der Waals surface area contributed by atoms with Crippen LogP contribution >= 0.6 is 11.6 Å². The molecule has 0 bridgehead atoms. The van der Waals surface area contributed by atoms with Gasteiger partial charge in [-0.1, -0.05) is 23.7 Å². The number of nitrogen functional groups attached to an aromatic ring is 1. The van der Waals surface area contributed by atoms with E-state index in [2.05, 4.69) is 10.4 Å². The van der Waals surface area contributed by atoms with E-state index in [0.29, 0.717) is 29.6 Å². The van der Waals surface area contributed by atoms with Gasteiger partial charge in [0.2, 0.25) is 11.8 Å². The third kappa shape index (κ3) is 7.22. The van der Waals surface area contributed by atoms with E-state index >= 15 is 0 Å². The second-order valence-corrected chi connectivity index (χ2v) is 9.96. The van der Waals surface area contributed by atoms with Crippen molar-refractivity contribution in [2.24, 2.45) is 5.73 Å². The Kier molecular flexibility index (Phi) is 9.84. The van der Waals surface area contributed by atoms with Gasteiger partial charge in [0.1, 0.15) is 12.4 Å². The molecule has 0 spiro atoms. The lowest BCUT2D eigenvalue weighted by Gasteiger charge is -2.29. The van der Waals surface area contributed by atoms with E-state index in [4.69, 9.17) is 23.1 Å². The number of carbonyl (C=O) groups is 3. The molecule has 0 saturated heterocycles. The van der Waals surface area contributed by atoms with Crippen molar-refractivity contribution in [2.75, 3.05) is 39.5 Å². The third-order valence-corrected chi connectivity index (χ3v) is 6.57. The third-order valence-electron chi connectivity index (χ3n) is 6.28. The van der Waals surface area contributed by atoms with Crippen LogP contribution < -0.4 is 16.8 Å². The maximum absolute atomic E-state index is 14.8. The molecule has 0 unspecified atom stereocenters. The first-order valence-corrected chi connectivity index (χ1v) is 12.6. The van der Waals surface area contributed by atoms with Crippen molar-refractivity contribution >= 4 is 45.9 Å². The number of hydrogen-bond donors (Lipinski definition) is 4. The lowest BCUT2D eigenvalue weighted by atomic mass is 10.0. The van der Waals surface area contributed by atoms with Crippen molar-refractivity contribution in [1.82, 2.24) is 24.9 Å². The fourth-order valence-corrected chi connectivity index (χ4v) is 4.37. The Morgan fingerprint density at radius 2 is 1.95 bits per heavy atom. The van der Waals surface area contributed by atoms with Crippen molar-refractivity contribution in [2.45, 2.75) is 32.0 Å². The van der Waals surface area contributed by atoms with Gasteiger partial charge >= 0.3 is 0 Å². The number of rotatable bonds is 12.